The summed E-state index contributed by atoms with van der Waals surface area (Å²) in [4.78, 5) is 18.0. The van der Waals surface area contributed by atoms with E-state index in [-0.39, 0.29) is 0 Å². The van der Waals surface area contributed by atoms with Crippen molar-refractivity contribution in [2.45, 2.75) is 25.3 Å². The molecule has 0 radical (unpaired) electrons. The third kappa shape index (κ3) is 3.96. The Hall–Kier alpha value is -2.02. The van der Waals surface area contributed by atoms with Gasteiger partial charge in [0.05, 0.1) is 5.39 Å². The van der Waals surface area contributed by atoms with Crippen molar-refractivity contribution in [3.8, 4) is 11.1 Å². The van der Waals surface area contributed by atoms with E-state index in [1.165, 1.54) is 55.4 Å². The summed E-state index contributed by atoms with van der Waals surface area (Å²) in [6.45, 7) is 5.92. The van der Waals surface area contributed by atoms with Gasteiger partial charge >= 0.3 is 0 Å². The maximum atomic E-state index is 4.75. The first-order valence-electron chi connectivity index (χ1n) is 11.1. The van der Waals surface area contributed by atoms with E-state index in [4.69, 9.17) is 4.98 Å². The number of likely N-dealkylation sites (tertiary alicyclic amines) is 1. The number of anilines is 1. The van der Waals surface area contributed by atoms with Crippen LogP contribution in [0.3, 0.4) is 0 Å². The SMILES string of the molecule is CN(C)[C@@H]1CCN(CC2CCN(c3ncnc4scc(-c5ccccc5)c34)CC2)C1. The molecule has 0 N–H and O–H groups in total. The van der Waals surface area contributed by atoms with Crippen LogP contribution in [0.4, 0.5) is 5.82 Å². The molecular weight excluding hydrogens is 390 g/mol. The zero-order valence-corrected chi connectivity index (χ0v) is 18.8. The first-order valence-corrected chi connectivity index (χ1v) is 12.0. The van der Waals surface area contributed by atoms with E-state index in [0.29, 0.717) is 0 Å². The number of hydrogen-bond donors (Lipinski definition) is 0. The van der Waals surface area contributed by atoms with E-state index in [9.17, 15) is 0 Å². The number of hydrogen-bond acceptors (Lipinski definition) is 6. The fourth-order valence-corrected chi connectivity index (χ4v) is 5.93. The molecule has 2 fully saturated rings. The number of rotatable bonds is 5. The standard InChI is InChI=1S/C24H31N5S/c1-27(2)20-10-11-28(15-20)14-18-8-12-29(13-9-18)23-22-21(19-6-4-3-5-7-19)16-30-24(22)26-17-25-23/h3-7,16-18,20H,8-15H2,1-2H3/t20-/m1/s1. The maximum Gasteiger partial charge on any atom is 0.141 e. The van der Waals surface area contributed by atoms with Gasteiger partial charge in [0.1, 0.15) is 17.0 Å². The predicted molar refractivity (Wildman–Crippen MR) is 126 cm³/mol. The molecule has 0 saturated carbocycles. The topological polar surface area (TPSA) is 35.5 Å². The van der Waals surface area contributed by atoms with Crippen LogP contribution >= 0.6 is 11.3 Å². The van der Waals surface area contributed by atoms with Crippen LogP contribution in [0.1, 0.15) is 19.3 Å². The molecule has 2 saturated heterocycles. The molecule has 6 heteroatoms. The number of benzene rings is 1. The van der Waals surface area contributed by atoms with Crippen molar-refractivity contribution < 1.29 is 0 Å². The van der Waals surface area contributed by atoms with Crippen molar-refractivity contribution in [2.75, 3.05) is 51.7 Å². The van der Waals surface area contributed by atoms with Crippen molar-refractivity contribution in [1.29, 1.82) is 0 Å². The molecule has 0 spiro atoms. The first kappa shape index (κ1) is 19.9. The quantitative estimate of drug-likeness (QED) is 0.617. The Bertz CT molecular complexity index is 978. The molecule has 2 aliphatic rings. The summed E-state index contributed by atoms with van der Waals surface area (Å²) in [5, 5.41) is 3.46. The minimum Gasteiger partial charge on any atom is -0.356 e. The summed E-state index contributed by atoms with van der Waals surface area (Å²) < 4.78 is 0. The lowest BCUT2D eigenvalue weighted by atomic mass is 9.96. The second-order valence-electron chi connectivity index (χ2n) is 8.99. The Morgan fingerprint density at radius 3 is 2.57 bits per heavy atom. The van der Waals surface area contributed by atoms with Gasteiger partial charge in [-0.1, -0.05) is 30.3 Å². The third-order valence-electron chi connectivity index (χ3n) is 6.84. The first-order chi connectivity index (χ1) is 14.7. The Kier molecular flexibility index (Phi) is 5.72. The zero-order chi connectivity index (χ0) is 20.5. The van der Waals surface area contributed by atoms with Gasteiger partial charge in [0.15, 0.2) is 0 Å². The van der Waals surface area contributed by atoms with Gasteiger partial charge in [0, 0.05) is 43.2 Å². The van der Waals surface area contributed by atoms with E-state index in [0.717, 1.165) is 35.7 Å². The summed E-state index contributed by atoms with van der Waals surface area (Å²) in [7, 11) is 4.42. The molecule has 2 aromatic heterocycles. The monoisotopic (exact) mass is 421 g/mol. The summed E-state index contributed by atoms with van der Waals surface area (Å²) in [5.74, 6) is 1.92. The van der Waals surface area contributed by atoms with Crippen molar-refractivity contribution >= 4 is 27.4 Å². The fourth-order valence-electron chi connectivity index (χ4n) is 5.02. The largest absolute Gasteiger partial charge is 0.356 e. The zero-order valence-electron chi connectivity index (χ0n) is 18.0. The molecule has 3 aromatic rings. The van der Waals surface area contributed by atoms with Crippen molar-refractivity contribution in [3.63, 3.8) is 0 Å². The van der Waals surface area contributed by atoms with Crippen molar-refractivity contribution in [1.82, 2.24) is 19.8 Å². The average Bonchev–Trinajstić information content (AvgIpc) is 3.42. The number of fused-ring (bicyclic) bond motifs is 1. The summed E-state index contributed by atoms with van der Waals surface area (Å²) in [6, 6.07) is 11.4. The van der Waals surface area contributed by atoms with Gasteiger partial charge in [-0.25, -0.2) is 9.97 Å². The van der Waals surface area contributed by atoms with Crippen LogP contribution in [0.15, 0.2) is 42.0 Å². The van der Waals surface area contributed by atoms with E-state index in [1.807, 2.05) is 0 Å². The van der Waals surface area contributed by atoms with E-state index >= 15 is 0 Å². The summed E-state index contributed by atoms with van der Waals surface area (Å²) >= 11 is 1.72. The molecule has 30 heavy (non-hydrogen) atoms. The van der Waals surface area contributed by atoms with E-state index in [1.54, 1.807) is 17.7 Å². The van der Waals surface area contributed by atoms with Crippen molar-refractivity contribution in [2.24, 2.45) is 5.92 Å². The number of nitrogens with zero attached hydrogens (tertiary/aromatic N) is 5. The van der Waals surface area contributed by atoms with Crippen LogP contribution in [-0.4, -0.2) is 72.6 Å². The van der Waals surface area contributed by atoms with Gasteiger partial charge in [-0.15, -0.1) is 11.3 Å². The predicted octanol–water partition coefficient (Wildman–Crippen LogP) is 4.21. The molecule has 158 valence electrons. The van der Waals surface area contributed by atoms with Crippen LogP contribution in [0.5, 0.6) is 0 Å². The number of aromatic nitrogens is 2. The normalized spacial score (nSPS) is 21.2. The lowest BCUT2D eigenvalue weighted by molar-refractivity contribution is 0.225. The van der Waals surface area contributed by atoms with Gasteiger partial charge in [-0.3, -0.25) is 0 Å². The van der Waals surface area contributed by atoms with Crippen LogP contribution in [0.2, 0.25) is 0 Å². The number of piperidine rings is 1. The smallest absolute Gasteiger partial charge is 0.141 e. The lowest BCUT2D eigenvalue weighted by Crippen LogP contribution is -2.39. The highest BCUT2D eigenvalue weighted by Gasteiger charge is 2.28. The molecule has 0 bridgehead atoms. The highest BCUT2D eigenvalue weighted by molar-refractivity contribution is 7.17. The molecule has 4 heterocycles. The van der Waals surface area contributed by atoms with Gasteiger partial charge in [-0.2, -0.15) is 0 Å². The molecule has 1 aromatic carbocycles. The van der Waals surface area contributed by atoms with Crippen LogP contribution in [0, 0.1) is 5.92 Å². The molecular formula is C24H31N5S. The Balaban J connectivity index is 1.29. The highest BCUT2D eigenvalue weighted by Crippen LogP contribution is 2.38. The molecule has 5 rings (SSSR count). The van der Waals surface area contributed by atoms with Crippen molar-refractivity contribution in [3.05, 3.63) is 42.0 Å². The second-order valence-corrected chi connectivity index (χ2v) is 9.85. The Labute approximate surface area is 183 Å². The van der Waals surface area contributed by atoms with Crippen LogP contribution in [0.25, 0.3) is 21.3 Å². The average molecular weight is 422 g/mol. The molecule has 0 amide bonds. The Morgan fingerprint density at radius 1 is 1.03 bits per heavy atom. The summed E-state index contributed by atoms with van der Waals surface area (Å²) in [6.07, 6.45) is 5.55. The van der Waals surface area contributed by atoms with Crippen LogP contribution in [-0.2, 0) is 0 Å². The van der Waals surface area contributed by atoms with Gasteiger partial charge < -0.3 is 14.7 Å². The van der Waals surface area contributed by atoms with Crippen LogP contribution < -0.4 is 4.90 Å². The number of likely N-dealkylation sites (N-methyl/N-ethyl adjacent to an activating group) is 1. The molecule has 1 atom stereocenters. The molecule has 0 unspecified atom stereocenters. The number of thiophene rings is 1. The third-order valence-corrected chi connectivity index (χ3v) is 7.73. The Morgan fingerprint density at radius 2 is 1.83 bits per heavy atom. The lowest BCUT2D eigenvalue weighted by Gasteiger charge is -2.35. The summed E-state index contributed by atoms with van der Waals surface area (Å²) in [5.41, 5.74) is 2.51. The second kappa shape index (κ2) is 8.61. The highest BCUT2D eigenvalue weighted by atomic mass is 32.1. The molecule has 2 aliphatic heterocycles. The minimum absolute atomic E-state index is 0.731. The molecule has 5 nitrogen and oxygen atoms in total. The van der Waals surface area contributed by atoms with Gasteiger partial charge in [0.25, 0.3) is 0 Å². The van der Waals surface area contributed by atoms with E-state index in [2.05, 4.69) is 69.5 Å². The van der Waals surface area contributed by atoms with Gasteiger partial charge in [0.2, 0.25) is 0 Å². The van der Waals surface area contributed by atoms with Gasteiger partial charge in [-0.05, 0) is 51.4 Å². The van der Waals surface area contributed by atoms with E-state index < -0.39 is 0 Å². The maximum absolute atomic E-state index is 4.75. The minimum atomic E-state index is 0.731. The fraction of sp³-hybridized carbons (Fsp3) is 0.500. The molecule has 0 aliphatic carbocycles.